The molecule has 2 aromatic heterocycles. The third kappa shape index (κ3) is 4.40. The molecule has 0 spiro atoms. The fourth-order valence-corrected chi connectivity index (χ4v) is 4.22. The number of carbonyl (C=O) groups excluding carboxylic acids is 1. The highest BCUT2D eigenvalue weighted by atomic mass is 16.6. The number of carbonyl (C=O) groups is 2. The first-order chi connectivity index (χ1) is 14.7. The summed E-state index contributed by atoms with van der Waals surface area (Å²) in [4.78, 5) is 28.6. The zero-order valence-electron chi connectivity index (χ0n) is 18.5. The molecular formula is C22H30N4O5. The lowest BCUT2D eigenvalue weighted by Gasteiger charge is -2.40. The topological polar surface area (TPSA) is 96.6 Å². The Kier molecular flexibility index (Phi) is 5.45. The highest BCUT2D eigenvalue weighted by Crippen LogP contribution is 2.35. The molecule has 2 fully saturated rings. The normalized spacial score (nSPS) is 17.6. The molecule has 0 bridgehead atoms. The van der Waals surface area contributed by atoms with E-state index >= 15 is 0 Å². The molecular weight excluding hydrogens is 400 g/mol. The van der Waals surface area contributed by atoms with E-state index in [0.29, 0.717) is 11.4 Å². The summed E-state index contributed by atoms with van der Waals surface area (Å²) in [5.74, 6) is -0.673. The summed E-state index contributed by atoms with van der Waals surface area (Å²) in [6.45, 7) is 7.19. The van der Waals surface area contributed by atoms with Crippen LogP contribution in [0.3, 0.4) is 0 Å². The molecule has 1 saturated carbocycles. The van der Waals surface area contributed by atoms with Crippen molar-refractivity contribution in [2.24, 2.45) is 0 Å². The molecule has 3 heterocycles. The first kappa shape index (κ1) is 21.3. The number of hydrogen-bond donors (Lipinski definition) is 1. The van der Waals surface area contributed by atoms with Crippen molar-refractivity contribution in [1.82, 2.24) is 14.5 Å². The number of aromatic nitrogens is 2. The number of rotatable bonds is 5. The van der Waals surface area contributed by atoms with Crippen LogP contribution < -0.4 is 9.64 Å². The van der Waals surface area contributed by atoms with Crippen molar-refractivity contribution in [2.75, 3.05) is 25.1 Å². The third-order valence-electron chi connectivity index (χ3n) is 5.75. The lowest BCUT2D eigenvalue weighted by Crippen LogP contribution is -2.50. The predicted octanol–water partition coefficient (Wildman–Crippen LogP) is 3.41. The van der Waals surface area contributed by atoms with Crippen molar-refractivity contribution in [2.45, 2.75) is 64.1 Å². The van der Waals surface area contributed by atoms with Gasteiger partial charge in [-0.3, -0.25) is 0 Å². The Bertz CT molecular complexity index is 984. The van der Waals surface area contributed by atoms with E-state index in [1.54, 1.807) is 12.1 Å². The number of methoxy groups -OCH3 is 1. The molecule has 168 valence electrons. The number of nitrogens with zero attached hydrogens (tertiary/aromatic N) is 4. The highest BCUT2D eigenvalue weighted by Gasteiger charge is 2.40. The van der Waals surface area contributed by atoms with E-state index in [4.69, 9.17) is 9.47 Å². The van der Waals surface area contributed by atoms with Crippen LogP contribution in [-0.4, -0.2) is 69.6 Å². The molecule has 1 aliphatic carbocycles. The molecule has 1 aliphatic heterocycles. The molecule has 0 atom stereocenters. The largest absolute Gasteiger partial charge is 0.480 e. The minimum Gasteiger partial charge on any atom is -0.480 e. The molecule has 2 aromatic rings. The third-order valence-corrected chi connectivity index (χ3v) is 5.75. The van der Waals surface area contributed by atoms with E-state index in [1.165, 1.54) is 11.6 Å². The molecule has 4 rings (SSSR count). The van der Waals surface area contributed by atoms with Crippen molar-refractivity contribution in [3.8, 4) is 5.88 Å². The Morgan fingerprint density at radius 3 is 2.32 bits per heavy atom. The van der Waals surface area contributed by atoms with Gasteiger partial charge in [0.2, 0.25) is 5.88 Å². The van der Waals surface area contributed by atoms with E-state index in [2.05, 4.69) is 10.00 Å². The van der Waals surface area contributed by atoms with Crippen molar-refractivity contribution in [3.63, 3.8) is 0 Å². The Balaban J connectivity index is 1.53. The average Bonchev–Trinajstić information content (AvgIpc) is 3.42. The Morgan fingerprint density at radius 1 is 1.13 bits per heavy atom. The maximum atomic E-state index is 12.8. The number of ether oxygens (including phenoxy) is 2. The molecule has 2 aliphatic rings. The van der Waals surface area contributed by atoms with Gasteiger partial charge in [-0.1, -0.05) is 0 Å². The van der Waals surface area contributed by atoms with Crippen LogP contribution in [0, 0.1) is 0 Å². The number of pyridine rings is 1. The average molecular weight is 431 g/mol. The van der Waals surface area contributed by atoms with Crippen molar-refractivity contribution < 1.29 is 24.2 Å². The number of carboxylic acid groups (broad SMARTS) is 1. The van der Waals surface area contributed by atoms with Gasteiger partial charge >= 0.3 is 12.1 Å². The molecule has 1 saturated heterocycles. The van der Waals surface area contributed by atoms with Crippen LogP contribution >= 0.6 is 0 Å². The van der Waals surface area contributed by atoms with Gasteiger partial charge < -0.3 is 24.4 Å². The van der Waals surface area contributed by atoms with Crippen molar-refractivity contribution in [3.05, 3.63) is 23.9 Å². The number of piperidine rings is 1. The summed E-state index contributed by atoms with van der Waals surface area (Å²) in [5.41, 5.74) is 1.18. The van der Waals surface area contributed by atoms with E-state index in [9.17, 15) is 14.7 Å². The standard InChI is InChI=1S/C22H30N4O5/c1-22(2,3)31-21(29)25(14-5-6-14)15-9-11-24(12-10-15)16-7-8-17(20(27)28)26-18(16)13-19(23-26)30-4/h7-8,13-15H,5-6,9-12H2,1-4H3,(H,27,28). The Labute approximate surface area is 181 Å². The SMILES string of the molecule is COc1cc2c(N3CCC(N(C(=O)OC(C)(C)C)C4CC4)CC3)ccc(C(=O)O)n2n1. The number of fused-ring (bicyclic) bond motifs is 1. The molecule has 0 aromatic carbocycles. The highest BCUT2D eigenvalue weighted by molar-refractivity contribution is 5.89. The van der Waals surface area contributed by atoms with Gasteiger partial charge in [0.25, 0.3) is 0 Å². The fraction of sp³-hybridized carbons (Fsp3) is 0.591. The van der Waals surface area contributed by atoms with Crippen molar-refractivity contribution >= 4 is 23.3 Å². The molecule has 0 radical (unpaired) electrons. The lowest BCUT2D eigenvalue weighted by atomic mass is 10.0. The zero-order valence-corrected chi connectivity index (χ0v) is 18.5. The molecule has 0 unspecified atom stereocenters. The maximum Gasteiger partial charge on any atom is 0.410 e. The number of anilines is 1. The number of carboxylic acids is 1. The van der Waals surface area contributed by atoms with Crippen molar-refractivity contribution in [1.29, 1.82) is 0 Å². The summed E-state index contributed by atoms with van der Waals surface area (Å²) in [5, 5.41) is 13.7. The second-order valence-corrected chi connectivity index (χ2v) is 9.23. The van der Waals surface area contributed by atoms with Gasteiger partial charge in [0.05, 0.1) is 18.3 Å². The second-order valence-electron chi connectivity index (χ2n) is 9.23. The van der Waals surface area contributed by atoms with Gasteiger partial charge in [0.15, 0.2) is 5.69 Å². The van der Waals surface area contributed by atoms with Gasteiger partial charge in [-0.25, -0.2) is 14.1 Å². The fourth-order valence-electron chi connectivity index (χ4n) is 4.22. The first-order valence-electron chi connectivity index (χ1n) is 10.7. The van der Waals surface area contributed by atoms with Gasteiger partial charge in [-0.2, -0.15) is 0 Å². The number of amides is 1. The van der Waals surface area contributed by atoms with Gasteiger partial charge in [0, 0.05) is 31.2 Å². The minimum atomic E-state index is -1.04. The monoisotopic (exact) mass is 430 g/mol. The van der Waals surface area contributed by atoms with Crippen LogP contribution in [0.4, 0.5) is 10.5 Å². The van der Waals surface area contributed by atoms with E-state index in [0.717, 1.165) is 44.5 Å². The quantitative estimate of drug-likeness (QED) is 0.776. The Morgan fingerprint density at radius 2 is 1.77 bits per heavy atom. The summed E-state index contributed by atoms with van der Waals surface area (Å²) >= 11 is 0. The van der Waals surface area contributed by atoms with Crippen LogP contribution in [0.25, 0.3) is 5.52 Å². The smallest absolute Gasteiger partial charge is 0.410 e. The van der Waals surface area contributed by atoms with Gasteiger partial charge in [-0.15, -0.1) is 5.10 Å². The van der Waals surface area contributed by atoms with Crippen LogP contribution in [0.1, 0.15) is 56.9 Å². The molecule has 31 heavy (non-hydrogen) atoms. The number of hydrogen-bond acceptors (Lipinski definition) is 6. The first-order valence-corrected chi connectivity index (χ1v) is 10.7. The Hall–Kier alpha value is -2.97. The summed E-state index contributed by atoms with van der Waals surface area (Å²) in [6.07, 6.45) is 3.50. The minimum absolute atomic E-state index is 0.0850. The van der Waals surface area contributed by atoms with Crippen LogP contribution in [0.2, 0.25) is 0 Å². The van der Waals surface area contributed by atoms with E-state index < -0.39 is 11.6 Å². The lowest BCUT2D eigenvalue weighted by molar-refractivity contribution is 0.0113. The second kappa shape index (κ2) is 7.94. The van der Waals surface area contributed by atoms with Crippen LogP contribution in [0.5, 0.6) is 5.88 Å². The zero-order chi connectivity index (χ0) is 22.3. The maximum absolute atomic E-state index is 12.8. The van der Waals surface area contributed by atoms with E-state index in [1.807, 2.05) is 31.7 Å². The predicted molar refractivity (Wildman–Crippen MR) is 115 cm³/mol. The molecule has 1 N–H and O–H groups in total. The molecule has 9 nitrogen and oxygen atoms in total. The summed E-state index contributed by atoms with van der Waals surface area (Å²) in [7, 11) is 1.51. The van der Waals surface area contributed by atoms with Crippen LogP contribution in [0.15, 0.2) is 18.2 Å². The molecule has 1 amide bonds. The van der Waals surface area contributed by atoms with E-state index in [-0.39, 0.29) is 23.9 Å². The number of aromatic carboxylic acids is 1. The van der Waals surface area contributed by atoms with Gasteiger partial charge in [0.1, 0.15) is 5.60 Å². The van der Waals surface area contributed by atoms with Gasteiger partial charge in [-0.05, 0) is 58.6 Å². The summed E-state index contributed by atoms with van der Waals surface area (Å²) in [6, 6.07) is 5.58. The van der Waals surface area contributed by atoms with Crippen LogP contribution in [-0.2, 0) is 4.74 Å². The summed E-state index contributed by atoms with van der Waals surface area (Å²) < 4.78 is 12.3. The molecule has 9 heteroatoms.